The van der Waals surface area contributed by atoms with Crippen molar-refractivity contribution in [3.05, 3.63) is 60.7 Å². The number of likely N-dealkylation sites (tertiary alicyclic amines) is 1. The van der Waals surface area contributed by atoms with Crippen molar-refractivity contribution >= 4 is 29.5 Å². The van der Waals surface area contributed by atoms with Gasteiger partial charge in [0.15, 0.2) is 0 Å². The van der Waals surface area contributed by atoms with Crippen LogP contribution in [0.2, 0.25) is 0 Å². The molecule has 4 aliphatic rings. The largest absolute Gasteiger partial charge is 0.346 e. The molecule has 5 amide bonds. The third-order valence-corrected chi connectivity index (χ3v) is 10.5. The molecule has 2 saturated carbocycles. The fourth-order valence-corrected chi connectivity index (χ4v) is 7.86. The van der Waals surface area contributed by atoms with Crippen LogP contribution in [0.4, 0.5) is 4.79 Å². The van der Waals surface area contributed by atoms with E-state index in [-0.39, 0.29) is 54.1 Å². The Balaban J connectivity index is 1.37. The minimum absolute atomic E-state index is 0.0917. The summed E-state index contributed by atoms with van der Waals surface area (Å²) in [7, 11) is 0. The number of piperidine rings is 1. The summed E-state index contributed by atoms with van der Waals surface area (Å²) in [5, 5.41) is 11.4. The van der Waals surface area contributed by atoms with Crippen LogP contribution >= 0.6 is 0 Å². The summed E-state index contributed by atoms with van der Waals surface area (Å²) in [6.45, 7) is 12.0. The van der Waals surface area contributed by atoms with E-state index in [1.54, 1.807) is 11.0 Å². The number of amides is 5. The van der Waals surface area contributed by atoms with Gasteiger partial charge in [0.1, 0.15) is 12.1 Å². The average molecular weight is 618 g/mol. The maximum absolute atomic E-state index is 14.5. The van der Waals surface area contributed by atoms with Gasteiger partial charge in [0.25, 0.3) is 5.91 Å². The zero-order valence-electron chi connectivity index (χ0n) is 26.5. The van der Waals surface area contributed by atoms with Crippen molar-refractivity contribution in [3.8, 4) is 0 Å². The Morgan fingerprint density at radius 3 is 2.29 bits per heavy atom. The van der Waals surface area contributed by atoms with Crippen molar-refractivity contribution in [2.24, 2.45) is 23.2 Å². The average Bonchev–Trinajstić information content (AvgIpc) is 3.59. The number of hydrogen-bond acceptors (Lipinski definition) is 5. The van der Waals surface area contributed by atoms with Crippen molar-refractivity contribution in [1.29, 1.82) is 0 Å². The van der Waals surface area contributed by atoms with Crippen molar-refractivity contribution < 1.29 is 24.0 Å². The minimum Gasteiger partial charge on any atom is -0.346 e. The summed E-state index contributed by atoms with van der Waals surface area (Å²) in [5.41, 5.74) is 2.17. The number of benzene rings is 1. The third-order valence-electron chi connectivity index (χ3n) is 10.5. The molecule has 3 aliphatic carbocycles. The fraction of sp³-hybridized carbons (Fsp3) is 0.571. The molecule has 5 rings (SSSR count). The van der Waals surface area contributed by atoms with Crippen molar-refractivity contribution in [2.45, 2.75) is 89.4 Å². The molecule has 0 aromatic heterocycles. The first-order valence-electron chi connectivity index (χ1n) is 16.3. The first kappa shape index (κ1) is 32.4. The number of nitrogens with one attached hydrogen (secondary N) is 4. The van der Waals surface area contributed by atoms with Crippen LogP contribution in [0.5, 0.6) is 0 Å². The molecule has 10 nitrogen and oxygen atoms in total. The van der Waals surface area contributed by atoms with Crippen molar-refractivity contribution in [1.82, 2.24) is 26.2 Å². The Bertz CT molecular complexity index is 1330. The van der Waals surface area contributed by atoms with E-state index in [2.05, 4.69) is 60.4 Å². The van der Waals surface area contributed by atoms with Crippen LogP contribution in [-0.2, 0) is 32.0 Å². The highest BCUT2D eigenvalue weighted by atomic mass is 16.2. The van der Waals surface area contributed by atoms with E-state index in [0.717, 1.165) is 36.8 Å². The molecule has 3 fully saturated rings. The topological polar surface area (TPSA) is 137 Å². The smallest absolute Gasteiger partial charge is 0.315 e. The lowest BCUT2D eigenvalue weighted by atomic mass is 9.93. The molecular weight excluding hydrogens is 570 g/mol. The standard InChI is InChI=1S/C35H47N5O5/c1-5-7-16-26(30(41)32(43)36-17-6-2)38-31(42)29-27-25(35(27,3)4)20-40(29)33(44)28(39-34(45)37-24-14-10-11-15-24)23-18-21-12-8-9-13-22(21)19-23/h5-6,8-9,12-13,23-29H,1-2,7,10-11,14-20H2,3-4H3,(H,36,43)(H,38,42)(H2,37,39,45)/t25-,26?,27-,28+,29+/m1/s1. The van der Waals surface area contributed by atoms with E-state index in [1.165, 1.54) is 6.08 Å². The van der Waals surface area contributed by atoms with Crippen LogP contribution in [0.25, 0.3) is 0 Å². The predicted octanol–water partition coefficient (Wildman–Crippen LogP) is 2.82. The Morgan fingerprint density at radius 2 is 1.67 bits per heavy atom. The summed E-state index contributed by atoms with van der Waals surface area (Å²) < 4.78 is 0. The highest BCUT2D eigenvalue weighted by molar-refractivity contribution is 6.38. The van der Waals surface area contributed by atoms with Gasteiger partial charge in [-0.3, -0.25) is 19.2 Å². The number of Topliss-reactive ketones (excluding diaryl/α,β-unsaturated/α-hetero) is 1. The molecule has 1 aromatic rings. The fourth-order valence-electron chi connectivity index (χ4n) is 7.86. The summed E-state index contributed by atoms with van der Waals surface area (Å²) in [5.74, 6) is -2.43. The van der Waals surface area contributed by atoms with E-state index >= 15 is 0 Å². The SMILES string of the molecule is C=CCCC(NC(=O)[C@@H]1[C@H]2[C@@H](CN1C(=O)[C@@H](NC(=O)NC1CCCC1)C1Cc3ccccc3C1)C2(C)C)C(=O)C(=O)NCC=C. The highest BCUT2D eigenvalue weighted by Gasteiger charge is 2.69. The number of carbonyl (C=O) groups excluding carboxylic acids is 5. The molecule has 4 N–H and O–H groups in total. The number of ketones is 1. The number of fused-ring (bicyclic) bond motifs is 2. The monoisotopic (exact) mass is 617 g/mol. The molecule has 0 spiro atoms. The molecule has 1 aliphatic heterocycles. The van der Waals surface area contributed by atoms with E-state index < -0.39 is 35.7 Å². The molecule has 45 heavy (non-hydrogen) atoms. The van der Waals surface area contributed by atoms with Crippen LogP contribution in [0.1, 0.15) is 63.5 Å². The summed E-state index contributed by atoms with van der Waals surface area (Å²) in [6, 6.07) is 5.12. The van der Waals surface area contributed by atoms with Crippen LogP contribution in [0.3, 0.4) is 0 Å². The first-order valence-corrected chi connectivity index (χ1v) is 16.3. The molecule has 1 heterocycles. The lowest BCUT2D eigenvalue weighted by molar-refractivity contribution is -0.144. The Labute approximate surface area is 265 Å². The van der Waals surface area contributed by atoms with Gasteiger partial charge in [-0.05, 0) is 72.8 Å². The summed E-state index contributed by atoms with van der Waals surface area (Å²) >= 11 is 0. The third kappa shape index (κ3) is 6.84. The lowest BCUT2D eigenvalue weighted by Crippen LogP contribution is -2.60. The number of carbonyl (C=O) groups is 5. The predicted molar refractivity (Wildman–Crippen MR) is 171 cm³/mol. The normalized spacial score (nSPS) is 24.5. The second-order valence-corrected chi connectivity index (χ2v) is 13.7. The Morgan fingerprint density at radius 1 is 1.00 bits per heavy atom. The molecule has 1 unspecified atom stereocenters. The summed E-state index contributed by atoms with van der Waals surface area (Å²) in [6.07, 6.45) is 9.01. The van der Waals surface area contributed by atoms with E-state index in [1.807, 2.05) is 12.1 Å². The molecule has 0 radical (unpaired) electrons. The van der Waals surface area contributed by atoms with Gasteiger partial charge in [-0.1, -0.05) is 63.1 Å². The van der Waals surface area contributed by atoms with Crippen molar-refractivity contribution in [2.75, 3.05) is 13.1 Å². The highest BCUT2D eigenvalue weighted by Crippen LogP contribution is 2.65. The van der Waals surface area contributed by atoms with Crippen LogP contribution in [0.15, 0.2) is 49.6 Å². The van der Waals surface area contributed by atoms with Gasteiger partial charge >= 0.3 is 6.03 Å². The lowest BCUT2D eigenvalue weighted by Gasteiger charge is -2.35. The van der Waals surface area contributed by atoms with E-state index in [4.69, 9.17) is 0 Å². The van der Waals surface area contributed by atoms with Gasteiger partial charge in [-0.2, -0.15) is 0 Å². The first-order chi connectivity index (χ1) is 21.6. The minimum atomic E-state index is -1.06. The Hall–Kier alpha value is -3.95. The molecular formula is C35H47N5O5. The molecule has 10 heteroatoms. The quantitative estimate of drug-likeness (QED) is 0.199. The van der Waals surface area contributed by atoms with Crippen LogP contribution in [-0.4, -0.2) is 71.7 Å². The van der Waals surface area contributed by atoms with Gasteiger partial charge < -0.3 is 26.2 Å². The number of nitrogens with zero attached hydrogens (tertiary/aromatic N) is 1. The molecule has 5 atom stereocenters. The Kier molecular flexibility index (Phi) is 9.79. The zero-order chi connectivity index (χ0) is 32.3. The van der Waals surface area contributed by atoms with Gasteiger partial charge in [0, 0.05) is 19.1 Å². The number of allylic oxidation sites excluding steroid dienone is 1. The second-order valence-electron chi connectivity index (χ2n) is 13.7. The van der Waals surface area contributed by atoms with Crippen LogP contribution in [0, 0.1) is 23.2 Å². The van der Waals surface area contributed by atoms with E-state index in [9.17, 15) is 24.0 Å². The van der Waals surface area contributed by atoms with E-state index in [0.29, 0.717) is 25.8 Å². The molecule has 1 aromatic carbocycles. The van der Waals surface area contributed by atoms with Gasteiger partial charge in [0.2, 0.25) is 17.6 Å². The second kappa shape index (κ2) is 13.6. The maximum atomic E-state index is 14.5. The summed E-state index contributed by atoms with van der Waals surface area (Å²) in [4.78, 5) is 69.0. The number of rotatable bonds is 13. The molecule has 1 saturated heterocycles. The number of hydrogen-bond donors (Lipinski definition) is 4. The van der Waals surface area contributed by atoms with Gasteiger partial charge in [0.05, 0.1) is 6.04 Å². The van der Waals surface area contributed by atoms with Gasteiger partial charge in [-0.25, -0.2) is 4.79 Å². The maximum Gasteiger partial charge on any atom is 0.315 e. The van der Waals surface area contributed by atoms with Crippen molar-refractivity contribution in [3.63, 3.8) is 0 Å². The molecule has 0 bridgehead atoms. The number of urea groups is 1. The molecule has 242 valence electrons. The van der Waals surface area contributed by atoms with Crippen LogP contribution < -0.4 is 21.3 Å². The zero-order valence-corrected chi connectivity index (χ0v) is 26.5. The van der Waals surface area contributed by atoms with Gasteiger partial charge in [-0.15, -0.1) is 13.2 Å².